The predicted octanol–water partition coefficient (Wildman–Crippen LogP) is 3.70. The van der Waals surface area contributed by atoms with Gasteiger partial charge in [-0.3, -0.25) is 4.79 Å². The van der Waals surface area contributed by atoms with Crippen LogP contribution < -0.4 is 5.32 Å². The van der Waals surface area contributed by atoms with Crippen molar-refractivity contribution < 1.29 is 9.32 Å². The maximum atomic E-state index is 12.5. The van der Waals surface area contributed by atoms with Gasteiger partial charge in [0, 0.05) is 24.6 Å². The van der Waals surface area contributed by atoms with E-state index in [2.05, 4.69) is 27.7 Å². The van der Waals surface area contributed by atoms with Crippen molar-refractivity contribution in [1.29, 1.82) is 5.26 Å². The molecule has 0 saturated carbocycles. The Bertz CT molecular complexity index is 1020. The van der Waals surface area contributed by atoms with Crippen molar-refractivity contribution in [2.75, 3.05) is 18.4 Å². The van der Waals surface area contributed by atoms with Crippen LogP contribution in [0.3, 0.4) is 0 Å². The highest BCUT2D eigenvalue weighted by atomic mass is 32.1. The van der Waals surface area contributed by atoms with Gasteiger partial charge >= 0.3 is 0 Å². The number of nitrogens with one attached hydrogen (secondary N) is 1. The smallest absolute Gasteiger partial charge is 0.229 e. The third kappa shape index (κ3) is 3.38. The van der Waals surface area contributed by atoms with Crippen LogP contribution in [0.1, 0.15) is 24.3 Å². The second-order valence-corrected chi connectivity index (χ2v) is 7.78. The average molecular weight is 381 g/mol. The van der Waals surface area contributed by atoms with Crippen molar-refractivity contribution in [2.24, 2.45) is 5.92 Å². The number of nitriles is 1. The molecule has 4 rings (SSSR count). The van der Waals surface area contributed by atoms with Crippen molar-refractivity contribution in [1.82, 2.24) is 15.0 Å². The lowest BCUT2D eigenvalue weighted by atomic mass is 9.96. The fourth-order valence-electron chi connectivity index (χ4n) is 3.48. The van der Waals surface area contributed by atoms with Gasteiger partial charge in [0.2, 0.25) is 5.91 Å². The normalized spacial score (nSPS) is 15.1. The lowest BCUT2D eigenvalue weighted by molar-refractivity contribution is -0.121. The van der Waals surface area contributed by atoms with Gasteiger partial charge in [0.05, 0.1) is 15.9 Å². The first kappa shape index (κ1) is 17.5. The molecule has 3 heterocycles. The number of aryl methyl sites for hydroxylation is 2. The fourth-order valence-corrected chi connectivity index (χ4v) is 4.39. The highest BCUT2D eigenvalue weighted by Crippen LogP contribution is 2.33. The summed E-state index contributed by atoms with van der Waals surface area (Å²) in [6.07, 6.45) is 3.53. The topological polar surface area (TPSA) is 95.1 Å². The minimum absolute atomic E-state index is 0.0161. The van der Waals surface area contributed by atoms with Crippen molar-refractivity contribution in [2.45, 2.75) is 26.7 Å². The molecule has 1 fully saturated rings. The summed E-state index contributed by atoms with van der Waals surface area (Å²) in [7, 11) is 0. The Morgan fingerprint density at radius 2 is 2.15 bits per heavy atom. The van der Waals surface area contributed by atoms with Gasteiger partial charge in [-0.1, -0.05) is 22.6 Å². The van der Waals surface area contributed by atoms with Gasteiger partial charge in [0.15, 0.2) is 11.3 Å². The predicted molar refractivity (Wildman–Crippen MR) is 103 cm³/mol. The standard InChI is InChI=1S/C19H19N5O2S/c1-11-17(12(2)26-23-11)14-3-4-15-16(9-14)27-19(21-15)22-18(25)13-5-7-24(10-20)8-6-13/h3-4,9,13H,5-8H2,1-2H3,(H,21,22,25). The number of aromatic nitrogens is 2. The third-order valence-electron chi connectivity index (χ3n) is 4.95. The monoisotopic (exact) mass is 381 g/mol. The number of fused-ring (bicyclic) bond motifs is 1. The number of rotatable bonds is 3. The van der Waals surface area contributed by atoms with Crippen LogP contribution in [0.4, 0.5) is 5.13 Å². The number of anilines is 1. The number of carbonyl (C=O) groups excluding carboxylic acids is 1. The Hall–Kier alpha value is -2.92. The van der Waals surface area contributed by atoms with E-state index in [1.807, 2.05) is 26.0 Å². The van der Waals surface area contributed by atoms with Crippen LogP contribution in [0.2, 0.25) is 0 Å². The van der Waals surface area contributed by atoms with E-state index in [0.29, 0.717) is 31.1 Å². The summed E-state index contributed by atoms with van der Waals surface area (Å²) in [5.74, 6) is 0.700. The summed E-state index contributed by atoms with van der Waals surface area (Å²) in [4.78, 5) is 18.7. The van der Waals surface area contributed by atoms with E-state index in [1.54, 1.807) is 4.90 Å². The molecule has 1 aliphatic rings. The number of carbonyl (C=O) groups is 1. The molecule has 27 heavy (non-hydrogen) atoms. The Balaban J connectivity index is 1.52. The van der Waals surface area contributed by atoms with Crippen LogP contribution >= 0.6 is 11.3 Å². The van der Waals surface area contributed by atoms with Crippen LogP contribution in [0, 0.1) is 31.2 Å². The molecular formula is C19H19N5O2S. The van der Waals surface area contributed by atoms with Crippen molar-refractivity contribution in [3.05, 3.63) is 29.7 Å². The number of amides is 1. The molecule has 0 atom stereocenters. The van der Waals surface area contributed by atoms with Gasteiger partial charge in [-0.2, -0.15) is 5.26 Å². The molecule has 3 aromatic rings. The molecule has 1 saturated heterocycles. The van der Waals surface area contributed by atoms with E-state index in [-0.39, 0.29) is 11.8 Å². The molecule has 1 aromatic carbocycles. The molecule has 1 amide bonds. The maximum absolute atomic E-state index is 12.5. The molecule has 0 unspecified atom stereocenters. The summed E-state index contributed by atoms with van der Waals surface area (Å²) in [6.45, 7) is 5.09. The summed E-state index contributed by atoms with van der Waals surface area (Å²) >= 11 is 1.46. The first-order valence-electron chi connectivity index (χ1n) is 8.84. The maximum Gasteiger partial charge on any atom is 0.229 e. The molecule has 138 valence electrons. The van der Waals surface area contributed by atoms with Gasteiger partial charge in [-0.25, -0.2) is 4.98 Å². The van der Waals surface area contributed by atoms with E-state index in [9.17, 15) is 4.79 Å². The minimum Gasteiger partial charge on any atom is -0.361 e. The Morgan fingerprint density at radius 1 is 1.37 bits per heavy atom. The number of benzene rings is 1. The highest BCUT2D eigenvalue weighted by Gasteiger charge is 2.25. The Kier molecular flexibility index (Phi) is 4.54. The fraction of sp³-hybridized carbons (Fsp3) is 0.368. The molecule has 2 aromatic heterocycles. The quantitative estimate of drug-likeness (QED) is 0.695. The van der Waals surface area contributed by atoms with E-state index >= 15 is 0 Å². The number of hydrogen-bond acceptors (Lipinski definition) is 7. The highest BCUT2D eigenvalue weighted by molar-refractivity contribution is 7.22. The van der Waals surface area contributed by atoms with Gasteiger partial charge in [0.25, 0.3) is 0 Å². The minimum atomic E-state index is -0.0699. The van der Waals surface area contributed by atoms with Gasteiger partial charge in [0.1, 0.15) is 5.76 Å². The molecule has 7 nitrogen and oxygen atoms in total. The van der Waals surface area contributed by atoms with Crippen molar-refractivity contribution in [3.63, 3.8) is 0 Å². The second kappa shape index (κ2) is 7.00. The van der Waals surface area contributed by atoms with Crippen molar-refractivity contribution in [3.8, 4) is 17.3 Å². The summed E-state index contributed by atoms with van der Waals surface area (Å²) < 4.78 is 6.26. The number of nitrogens with zero attached hydrogens (tertiary/aromatic N) is 4. The first-order valence-corrected chi connectivity index (χ1v) is 9.66. The molecular weight excluding hydrogens is 362 g/mol. The van der Waals surface area contributed by atoms with Crippen LogP contribution in [-0.4, -0.2) is 34.0 Å². The zero-order chi connectivity index (χ0) is 19.0. The Labute approximate surface area is 160 Å². The number of thiazole rings is 1. The van der Waals surface area contributed by atoms with E-state index in [4.69, 9.17) is 9.78 Å². The van der Waals surface area contributed by atoms with Crippen LogP contribution in [0.25, 0.3) is 21.3 Å². The Morgan fingerprint density at radius 3 is 2.81 bits per heavy atom. The number of hydrogen-bond donors (Lipinski definition) is 1. The molecule has 1 N–H and O–H groups in total. The second-order valence-electron chi connectivity index (χ2n) is 6.75. The molecule has 0 radical (unpaired) electrons. The van der Waals surface area contributed by atoms with Gasteiger partial charge in [-0.05, 0) is 44.4 Å². The molecule has 8 heteroatoms. The average Bonchev–Trinajstić information content (AvgIpc) is 3.23. The SMILES string of the molecule is Cc1noc(C)c1-c1ccc2nc(NC(=O)C3CCN(C#N)CC3)sc2c1. The van der Waals surface area contributed by atoms with Gasteiger partial charge in [-0.15, -0.1) is 0 Å². The summed E-state index contributed by atoms with van der Waals surface area (Å²) in [6, 6.07) is 6.01. The summed E-state index contributed by atoms with van der Waals surface area (Å²) in [5.41, 5.74) is 3.74. The molecule has 0 spiro atoms. The lowest BCUT2D eigenvalue weighted by Gasteiger charge is -2.26. The lowest BCUT2D eigenvalue weighted by Crippen LogP contribution is -2.35. The number of likely N-dealkylation sites (tertiary alicyclic amines) is 1. The van der Waals surface area contributed by atoms with E-state index in [1.165, 1.54) is 11.3 Å². The van der Waals surface area contributed by atoms with Crippen LogP contribution in [-0.2, 0) is 4.79 Å². The molecule has 1 aliphatic heterocycles. The van der Waals surface area contributed by atoms with Gasteiger partial charge < -0.3 is 14.7 Å². The first-order chi connectivity index (χ1) is 13.0. The van der Waals surface area contributed by atoms with E-state index in [0.717, 1.165) is 32.8 Å². The number of piperidine rings is 1. The summed E-state index contributed by atoms with van der Waals surface area (Å²) in [5, 5.41) is 16.5. The molecule has 0 bridgehead atoms. The third-order valence-corrected chi connectivity index (χ3v) is 5.88. The van der Waals surface area contributed by atoms with E-state index < -0.39 is 0 Å². The van der Waals surface area contributed by atoms with Crippen LogP contribution in [0.5, 0.6) is 0 Å². The molecule has 0 aliphatic carbocycles. The van der Waals surface area contributed by atoms with Crippen LogP contribution in [0.15, 0.2) is 22.7 Å². The largest absolute Gasteiger partial charge is 0.361 e. The zero-order valence-corrected chi connectivity index (χ0v) is 16.0. The van der Waals surface area contributed by atoms with Crippen molar-refractivity contribution >= 4 is 32.6 Å². The zero-order valence-electron chi connectivity index (χ0n) is 15.2.